The number of carbonyl (C=O) groups excluding carboxylic acids is 1. The highest BCUT2D eigenvalue weighted by atomic mass is 19.1. The van der Waals surface area contributed by atoms with E-state index in [1.54, 1.807) is 0 Å². The van der Waals surface area contributed by atoms with Gasteiger partial charge in [0.25, 0.3) is 0 Å². The third-order valence-electron chi connectivity index (χ3n) is 2.41. The van der Waals surface area contributed by atoms with Crippen molar-refractivity contribution >= 4 is 12.0 Å². The maximum absolute atomic E-state index is 13.3. The molecule has 0 fully saturated rings. The molecule has 5 nitrogen and oxygen atoms in total. The molecule has 0 bridgehead atoms. The van der Waals surface area contributed by atoms with Crippen LogP contribution < -0.4 is 10.6 Å². The number of amides is 2. The van der Waals surface area contributed by atoms with Gasteiger partial charge in [-0.1, -0.05) is 0 Å². The predicted octanol–water partition coefficient (Wildman–Crippen LogP) is 1.63. The Morgan fingerprint density at radius 1 is 1.32 bits per heavy atom. The molecule has 3 N–H and O–H groups in total. The fourth-order valence-corrected chi connectivity index (χ4v) is 1.24. The molecule has 2 amide bonds. The van der Waals surface area contributed by atoms with Gasteiger partial charge in [-0.25, -0.2) is 18.4 Å². The van der Waals surface area contributed by atoms with Gasteiger partial charge in [0.2, 0.25) is 0 Å². The SMILES string of the molecule is CC(C)(NC(=O)NCc1cc(F)ccc1F)C(=O)O. The van der Waals surface area contributed by atoms with Crippen molar-refractivity contribution in [2.75, 3.05) is 0 Å². The molecule has 0 heterocycles. The second-order valence-electron chi connectivity index (χ2n) is 4.47. The van der Waals surface area contributed by atoms with Crippen LogP contribution in [0, 0.1) is 11.6 Å². The van der Waals surface area contributed by atoms with Crippen molar-refractivity contribution in [2.24, 2.45) is 0 Å². The van der Waals surface area contributed by atoms with Crippen LogP contribution in [0.3, 0.4) is 0 Å². The van der Waals surface area contributed by atoms with Gasteiger partial charge in [-0.2, -0.15) is 0 Å². The lowest BCUT2D eigenvalue weighted by atomic mass is 10.1. The van der Waals surface area contributed by atoms with E-state index in [0.717, 1.165) is 18.2 Å². The molecule has 1 rings (SSSR count). The summed E-state index contributed by atoms with van der Waals surface area (Å²) in [5, 5.41) is 13.3. The molecule has 1 aromatic carbocycles. The maximum atomic E-state index is 13.3. The van der Waals surface area contributed by atoms with E-state index in [1.807, 2.05) is 0 Å². The third kappa shape index (κ3) is 4.20. The molecule has 0 radical (unpaired) electrons. The van der Waals surface area contributed by atoms with Crippen molar-refractivity contribution in [1.29, 1.82) is 0 Å². The van der Waals surface area contributed by atoms with Gasteiger partial charge in [0.1, 0.15) is 17.2 Å². The average molecular weight is 272 g/mol. The number of carbonyl (C=O) groups is 2. The van der Waals surface area contributed by atoms with E-state index >= 15 is 0 Å². The lowest BCUT2D eigenvalue weighted by molar-refractivity contribution is -0.142. The van der Waals surface area contributed by atoms with Crippen molar-refractivity contribution in [3.8, 4) is 0 Å². The number of hydrogen-bond acceptors (Lipinski definition) is 2. The molecule has 0 saturated heterocycles. The number of benzene rings is 1. The van der Waals surface area contributed by atoms with Gasteiger partial charge in [-0.05, 0) is 32.0 Å². The van der Waals surface area contributed by atoms with Gasteiger partial charge in [0.15, 0.2) is 0 Å². The number of aliphatic carboxylic acids is 1. The summed E-state index contributed by atoms with van der Waals surface area (Å²) in [6.07, 6.45) is 0. The first-order valence-electron chi connectivity index (χ1n) is 5.45. The van der Waals surface area contributed by atoms with E-state index in [2.05, 4.69) is 10.6 Å². The van der Waals surface area contributed by atoms with E-state index in [1.165, 1.54) is 13.8 Å². The minimum Gasteiger partial charge on any atom is -0.480 e. The Morgan fingerprint density at radius 3 is 2.53 bits per heavy atom. The van der Waals surface area contributed by atoms with Crippen LogP contribution in [-0.4, -0.2) is 22.6 Å². The Bertz CT molecular complexity index is 504. The van der Waals surface area contributed by atoms with E-state index < -0.39 is 29.2 Å². The molecular formula is C12H14F2N2O3. The van der Waals surface area contributed by atoms with Crippen molar-refractivity contribution in [3.63, 3.8) is 0 Å². The highest BCUT2D eigenvalue weighted by Crippen LogP contribution is 2.09. The van der Waals surface area contributed by atoms with E-state index in [9.17, 15) is 18.4 Å². The summed E-state index contributed by atoms with van der Waals surface area (Å²) < 4.78 is 26.1. The number of carboxylic acid groups (broad SMARTS) is 1. The standard InChI is InChI=1S/C12H14F2N2O3/c1-12(2,10(17)18)16-11(19)15-6-7-5-8(13)3-4-9(7)14/h3-5H,6H2,1-2H3,(H,17,18)(H2,15,16,19). The number of hydrogen-bond donors (Lipinski definition) is 3. The summed E-state index contributed by atoms with van der Waals surface area (Å²) >= 11 is 0. The number of rotatable bonds is 4. The van der Waals surface area contributed by atoms with Crippen molar-refractivity contribution in [3.05, 3.63) is 35.4 Å². The number of nitrogens with one attached hydrogen (secondary N) is 2. The van der Waals surface area contributed by atoms with Crippen LogP contribution in [-0.2, 0) is 11.3 Å². The summed E-state index contributed by atoms with van der Waals surface area (Å²) in [6.45, 7) is 2.36. The Kier molecular flexibility index (Phi) is 4.42. The van der Waals surface area contributed by atoms with Crippen LogP contribution in [0.2, 0.25) is 0 Å². The second kappa shape index (κ2) is 5.64. The van der Waals surface area contributed by atoms with E-state index in [4.69, 9.17) is 5.11 Å². The molecule has 0 saturated carbocycles. The van der Waals surface area contributed by atoms with Crippen LogP contribution in [0.15, 0.2) is 18.2 Å². The number of halogens is 2. The van der Waals surface area contributed by atoms with Crippen LogP contribution in [0.1, 0.15) is 19.4 Å². The molecule has 0 aliphatic heterocycles. The first-order valence-corrected chi connectivity index (χ1v) is 5.45. The van der Waals surface area contributed by atoms with Crippen molar-refractivity contribution < 1.29 is 23.5 Å². The quantitative estimate of drug-likeness (QED) is 0.779. The topological polar surface area (TPSA) is 78.4 Å². The van der Waals surface area contributed by atoms with Gasteiger partial charge in [0.05, 0.1) is 0 Å². The lowest BCUT2D eigenvalue weighted by Gasteiger charge is -2.21. The minimum atomic E-state index is -1.45. The van der Waals surface area contributed by atoms with Gasteiger partial charge < -0.3 is 15.7 Å². The molecule has 0 spiro atoms. The molecule has 19 heavy (non-hydrogen) atoms. The summed E-state index contributed by atoms with van der Waals surface area (Å²) in [7, 11) is 0. The van der Waals surface area contributed by atoms with Gasteiger partial charge in [-0.3, -0.25) is 0 Å². The summed E-state index contributed by atoms with van der Waals surface area (Å²) in [4.78, 5) is 22.2. The molecule has 0 atom stereocenters. The zero-order chi connectivity index (χ0) is 14.6. The second-order valence-corrected chi connectivity index (χ2v) is 4.47. The normalized spacial score (nSPS) is 10.9. The van der Waals surface area contributed by atoms with Crippen LogP contribution >= 0.6 is 0 Å². The number of carboxylic acids is 1. The van der Waals surface area contributed by atoms with Crippen LogP contribution in [0.4, 0.5) is 13.6 Å². The van der Waals surface area contributed by atoms with Crippen molar-refractivity contribution in [1.82, 2.24) is 10.6 Å². The van der Waals surface area contributed by atoms with Crippen LogP contribution in [0.5, 0.6) is 0 Å². The number of urea groups is 1. The first-order chi connectivity index (χ1) is 8.72. The van der Waals surface area contributed by atoms with Crippen molar-refractivity contribution in [2.45, 2.75) is 25.9 Å². The zero-order valence-corrected chi connectivity index (χ0v) is 10.5. The fraction of sp³-hybridized carbons (Fsp3) is 0.333. The fourth-order valence-electron chi connectivity index (χ4n) is 1.24. The van der Waals surface area contributed by atoms with E-state index in [0.29, 0.717) is 0 Å². The van der Waals surface area contributed by atoms with Gasteiger partial charge >= 0.3 is 12.0 Å². The highest BCUT2D eigenvalue weighted by Gasteiger charge is 2.28. The Balaban J connectivity index is 2.60. The molecule has 0 aliphatic carbocycles. The Labute approximate surface area is 108 Å². The molecule has 1 aromatic rings. The summed E-state index contributed by atoms with van der Waals surface area (Å²) in [6, 6.07) is 2.09. The third-order valence-corrected chi connectivity index (χ3v) is 2.41. The lowest BCUT2D eigenvalue weighted by Crippen LogP contribution is -2.53. The highest BCUT2D eigenvalue weighted by molar-refractivity contribution is 5.85. The summed E-state index contributed by atoms with van der Waals surface area (Å²) in [5.41, 5.74) is -1.48. The molecule has 104 valence electrons. The Morgan fingerprint density at radius 2 is 1.95 bits per heavy atom. The molecule has 7 heteroatoms. The monoisotopic (exact) mass is 272 g/mol. The Hall–Kier alpha value is -2.18. The predicted molar refractivity (Wildman–Crippen MR) is 63.4 cm³/mol. The van der Waals surface area contributed by atoms with E-state index in [-0.39, 0.29) is 12.1 Å². The largest absolute Gasteiger partial charge is 0.480 e. The average Bonchev–Trinajstić information content (AvgIpc) is 2.29. The molecule has 0 unspecified atom stereocenters. The summed E-state index contributed by atoms with van der Waals surface area (Å²) in [5.74, 6) is -2.48. The minimum absolute atomic E-state index is 0.0247. The maximum Gasteiger partial charge on any atom is 0.328 e. The molecule has 0 aliphatic rings. The zero-order valence-electron chi connectivity index (χ0n) is 10.5. The molecule has 0 aromatic heterocycles. The van der Waals surface area contributed by atoms with Crippen LogP contribution in [0.25, 0.3) is 0 Å². The molecular weight excluding hydrogens is 258 g/mol. The first kappa shape index (κ1) is 14.9. The van der Waals surface area contributed by atoms with Gasteiger partial charge in [0, 0.05) is 12.1 Å². The smallest absolute Gasteiger partial charge is 0.328 e. The van der Waals surface area contributed by atoms with Gasteiger partial charge in [-0.15, -0.1) is 0 Å².